The van der Waals surface area contributed by atoms with Crippen LogP contribution in [0.15, 0.2) is 11.1 Å². The zero-order valence-corrected chi connectivity index (χ0v) is 29.4. The van der Waals surface area contributed by atoms with Crippen molar-refractivity contribution in [2.75, 3.05) is 6.61 Å². The summed E-state index contributed by atoms with van der Waals surface area (Å²) in [5.41, 5.74) is 1.61. The smallest absolute Gasteiger partial charge is 0.413 e. The summed E-state index contributed by atoms with van der Waals surface area (Å²) in [6.45, 7) is 22.8. The second-order valence-corrected chi connectivity index (χ2v) is 17.7. The summed E-state index contributed by atoms with van der Waals surface area (Å²) in [6.07, 6.45) is 10.6. The minimum Gasteiger partial charge on any atom is -0.450 e. The van der Waals surface area contributed by atoms with Crippen LogP contribution in [0.25, 0.3) is 0 Å². The maximum Gasteiger partial charge on any atom is 0.413 e. The number of ketones is 1. The zero-order valence-electron chi connectivity index (χ0n) is 29.4. The van der Waals surface area contributed by atoms with Crippen molar-refractivity contribution in [3.8, 4) is 0 Å². The zero-order chi connectivity index (χ0) is 32.3. The summed E-state index contributed by atoms with van der Waals surface area (Å²) in [5.74, 6) is 1.66. The molecule has 6 nitrogen and oxygen atoms in total. The normalized spacial score (nSPS) is 44.3. The van der Waals surface area contributed by atoms with Crippen molar-refractivity contribution in [1.29, 1.82) is 0 Å². The minimum atomic E-state index is -1.01. The maximum atomic E-state index is 13.6. The number of carbonyl (C=O) groups is 3. The number of Topliss-reactive ketones (excluding diaryl/α,β-unsaturated/α-hetero) is 1. The number of amides is 1. The van der Waals surface area contributed by atoms with Crippen LogP contribution in [0.4, 0.5) is 4.79 Å². The Bertz CT molecular complexity index is 1280. The molecule has 8 atom stereocenters. The molecule has 1 amide bonds. The van der Waals surface area contributed by atoms with Crippen molar-refractivity contribution < 1.29 is 23.9 Å². The summed E-state index contributed by atoms with van der Waals surface area (Å²) in [5, 5.41) is 0. The molecule has 0 spiro atoms. The quantitative estimate of drug-likeness (QED) is 0.230. The highest BCUT2D eigenvalue weighted by atomic mass is 16.6. The topological polar surface area (TPSA) is 72.9 Å². The maximum absolute atomic E-state index is 13.6. The van der Waals surface area contributed by atoms with Crippen molar-refractivity contribution in [3.05, 3.63) is 11.1 Å². The molecule has 0 radical (unpaired) electrons. The van der Waals surface area contributed by atoms with E-state index in [0.717, 1.165) is 50.5 Å². The van der Waals surface area contributed by atoms with Crippen molar-refractivity contribution in [2.45, 2.75) is 152 Å². The average molecular weight is 610 g/mol. The average Bonchev–Trinajstić information content (AvgIpc) is 3.69. The minimum absolute atomic E-state index is 0.0288. The van der Waals surface area contributed by atoms with Gasteiger partial charge in [-0.15, -0.1) is 0 Å². The second-order valence-electron chi connectivity index (χ2n) is 17.7. The number of carbonyl (C=O) groups excluding carboxylic acids is 3. The Labute approximate surface area is 266 Å². The van der Waals surface area contributed by atoms with Crippen LogP contribution < -0.4 is 0 Å². The van der Waals surface area contributed by atoms with E-state index in [2.05, 4.69) is 55.4 Å². The van der Waals surface area contributed by atoms with Crippen LogP contribution in [-0.4, -0.2) is 41.1 Å². The molecule has 6 rings (SSSR count). The van der Waals surface area contributed by atoms with E-state index in [1.54, 1.807) is 0 Å². The number of hydrogen-bond donors (Lipinski definition) is 0. The van der Waals surface area contributed by atoms with E-state index in [1.165, 1.54) is 25.3 Å². The first kappa shape index (κ1) is 32.1. The number of nitrogens with zero attached hydrogens (tertiary/aromatic N) is 1. The first-order chi connectivity index (χ1) is 20.4. The Morgan fingerprint density at radius 2 is 1.55 bits per heavy atom. The highest BCUT2D eigenvalue weighted by Gasteiger charge is 2.73. The van der Waals surface area contributed by atoms with Crippen molar-refractivity contribution in [3.63, 3.8) is 0 Å². The fraction of sp³-hybridized carbons (Fsp3) is 0.868. The Morgan fingerprint density at radius 1 is 0.864 bits per heavy atom. The van der Waals surface area contributed by atoms with E-state index in [0.29, 0.717) is 43.0 Å². The van der Waals surface area contributed by atoms with Gasteiger partial charge in [0.15, 0.2) is 11.5 Å². The number of fused-ring (bicyclic) bond motifs is 7. The standard InChI is InChI=1S/C38H59NO5/c1-11-43-32(42)39(25-12-13-25)38(44-24(4)40)21-19-35(8)28(33(38,5)6)16-17-37(10)29(35)15-14-26-31-30(23(2)3)27(41)22-34(31,7)18-20-36(26,37)9/h23,25-26,28-29H,11-22H2,1-10H3/t26-,28+,29-,34+,35+,36-,37-,38+/m1/s1. The van der Waals surface area contributed by atoms with Crippen LogP contribution in [-0.2, 0) is 19.1 Å². The van der Waals surface area contributed by atoms with Crippen LogP contribution >= 0.6 is 0 Å². The Kier molecular flexibility index (Phi) is 7.35. The molecule has 0 aromatic rings. The van der Waals surface area contributed by atoms with E-state index in [9.17, 15) is 14.4 Å². The van der Waals surface area contributed by atoms with Gasteiger partial charge < -0.3 is 9.47 Å². The van der Waals surface area contributed by atoms with Crippen LogP contribution in [0.3, 0.4) is 0 Å². The Morgan fingerprint density at radius 3 is 2.14 bits per heavy atom. The predicted molar refractivity (Wildman–Crippen MR) is 171 cm³/mol. The number of hydrogen-bond acceptors (Lipinski definition) is 5. The van der Waals surface area contributed by atoms with Gasteiger partial charge in [-0.25, -0.2) is 4.79 Å². The van der Waals surface area contributed by atoms with E-state index in [1.807, 2.05) is 11.8 Å². The summed E-state index contributed by atoms with van der Waals surface area (Å²) < 4.78 is 12.1. The molecule has 5 saturated carbocycles. The number of esters is 1. The molecule has 0 aromatic carbocycles. The summed E-state index contributed by atoms with van der Waals surface area (Å²) in [4.78, 5) is 41.8. The third-order valence-electron chi connectivity index (χ3n) is 15.0. The molecule has 6 heteroatoms. The molecule has 0 unspecified atom stereocenters. The van der Waals surface area contributed by atoms with Crippen LogP contribution in [0, 0.1) is 50.7 Å². The Balaban J connectivity index is 1.40. The summed E-state index contributed by atoms with van der Waals surface area (Å²) >= 11 is 0. The molecule has 246 valence electrons. The van der Waals surface area contributed by atoms with E-state index in [4.69, 9.17) is 9.47 Å². The molecule has 6 aliphatic carbocycles. The van der Waals surface area contributed by atoms with Gasteiger partial charge >= 0.3 is 12.1 Å². The molecule has 0 N–H and O–H groups in total. The van der Waals surface area contributed by atoms with Gasteiger partial charge in [0.1, 0.15) is 0 Å². The summed E-state index contributed by atoms with van der Waals surface area (Å²) in [6, 6.07) is 0.0642. The molecule has 0 saturated heterocycles. The fourth-order valence-corrected chi connectivity index (χ4v) is 12.8. The molecule has 6 aliphatic rings. The van der Waals surface area contributed by atoms with Crippen molar-refractivity contribution in [1.82, 2.24) is 4.90 Å². The second kappa shape index (κ2) is 10.1. The first-order valence-corrected chi connectivity index (χ1v) is 17.9. The lowest BCUT2D eigenvalue weighted by Crippen LogP contribution is -2.72. The van der Waals surface area contributed by atoms with Gasteiger partial charge in [0, 0.05) is 31.2 Å². The molecular weight excluding hydrogens is 550 g/mol. The van der Waals surface area contributed by atoms with Crippen molar-refractivity contribution in [2.24, 2.45) is 50.7 Å². The first-order valence-electron chi connectivity index (χ1n) is 17.9. The molecule has 0 aromatic heterocycles. The van der Waals surface area contributed by atoms with Crippen LogP contribution in [0.1, 0.15) is 140 Å². The van der Waals surface area contributed by atoms with Gasteiger partial charge in [-0.1, -0.05) is 61.0 Å². The largest absolute Gasteiger partial charge is 0.450 e. The summed E-state index contributed by atoms with van der Waals surface area (Å²) in [7, 11) is 0. The predicted octanol–water partition coefficient (Wildman–Crippen LogP) is 8.87. The fourth-order valence-electron chi connectivity index (χ4n) is 12.8. The molecule has 5 fully saturated rings. The lowest BCUT2D eigenvalue weighted by atomic mass is 9.32. The van der Waals surface area contributed by atoms with Gasteiger partial charge in [0.05, 0.1) is 6.61 Å². The molecule has 0 aliphatic heterocycles. The molecular formula is C38H59NO5. The van der Waals surface area contributed by atoms with E-state index in [-0.39, 0.29) is 45.7 Å². The Hall–Kier alpha value is -1.85. The lowest BCUT2D eigenvalue weighted by molar-refractivity contribution is -0.290. The van der Waals surface area contributed by atoms with Gasteiger partial charge in [-0.2, -0.15) is 0 Å². The number of ether oxygens (including phenoxy) is 2. The third kappa shape index (κ3) is 4.06. The molecule has 0 bridgehead atoms. The van der Waals surface area contributed by atoms with Gasteiger partial charge in [0.25, 0.3) is 0 Å². The SMILES string of the molecule is CCOC(=O)N(C1CC1)[C@]1(OC(C)=O)CC[C@]2(C)[C@H]3CC[C@@H]4C5=C(C(C)C)C(=O)C[C@]5(C)CC[C@@]4(C)[C@]3(C)CC[C@H]2C1(C)C. The lowest BCUT2D eigenvalue weighted by Gasteiger charge is -2.73. The number of rotatable bonds is 5. The van der Waals surface area contributed by atoms with Crippen molar-refractivity contribution >= 4 is 17.8 Å². The number of allylic oxidation sites excluding steroid dienone is 2. The highest BCUT2D eigenvalue weighted by Crippen LogP contribution is 2.77. The monoisotopic (exact) mass is 609 g/mol. The van der Waals surface area contributed by atoms with E-state index < -0.39 is 11.1 Å². The van der Waals surface area contributed by atoms with Gasteiger partial charge in [-0.3, -0.25) is 14.5 Å². The van der Waals surface area contributed by atoms with Crippen LogP contribution in [0.2, 0.25) is 0 Å². The third-order valence-corrected chi connectivity index (χ3v) is 15.0. The molecule has 0 heterocycles. The van der Waals surface area contributed by atoms with Gasteiger partial charge in [-0.05, 0) is 116 Å². The van der Waals surface area contributed by atoms with Gasteiger partial charge in [0.2, 0.25) is 0 Å². The highest BCUT2D eigenvalue weighted by molar-refractivity contribution is 6.00. The van der Waals surface area contributed by atoms with E-state index >= 15 is 0 Å². The molecule has 44 heavy (non-hydrogen) atoms. The van der Waals surface area contributed by atoms with Crippen LogP contribution in [0.5, 0.6) is 0 Å².